The average molecular weight is 272 g/mol. The molecule has 0 bridgehead atoms. The van der Waals surface area contributed by atoms with Gasteiger partial charge >= 0.3 is 0 Å². The van der Waals surface area contributed by atoms with E-state index in [1.807, 2.05) is 12.1 Å². The van der Waals surface area contributed by atoms with Crippen LogP contribution in [-0.2, 0) is 0 Å². The summed E-state index contributed by atoms with van der Waals surface area (Å²) in [4.78, 5) is 0. The molecule has 0 aromatic heterocycles. The number of rotatable bonds is 2. The molecular formula is C17H14F2O. The van der Waals surface area contributed by atoms with Gasteiger partial charge in [0.15, 0.2) is 11.6 Å². The molecule has 102 valence electrons. The Hall–Kier alpha value is -2.16. The molecule has 0 aliphatic heterocycles. The van der Waals surface area contributed by atoms with E-state index in [0.717, 1.165) is 12.8 Å². The summed E-state index contributed by atoms with van der Waals surface area (Å²) in [7, 11) is 0. The quantitative estimate of drug-likeness (QED) is 0.781. The van der Waals surface area contributed by atoms with Gasteiger partial charge in [0, 0.05) is 5.56 Å². The molecule has 1 aliphatic rings. The maximum atomic E-state index is 13.8. The Morgan fingerprint density at radius 2 is 1.50 bits per heavy atom. The number of halogens is 2. The van der Waals surface area contributed by atoms with Crippen LogP contribution in [0, 0.1) is 11.6 Å². The van der Waals surface area contributed by atoms with Gasteiger partial charge in [-0.3, -0.25) is 0 Å². The van der Waals surface area contributed by atoms with Crippen LogP contribution in [-0.4, -0.2) is 5.11 Å². The van der Waals surface area contributed by atoms with Gasteiger partial charge in [0.2, 0.25) is 5.82 Å². The van der Waals surface area contributed by atoms with Gasteiger partial charge in [0.25, 0.3) is 0 Å². The molecule has 0 saturated heterocycles. The van der Waals surface area contributed by atoms with Crippen molar-refractivity contribution in [1.29, 1.82) is 0 Å². The Balaban J connectivity index is 1.93. The standard InChI is InChI=1S/C17H14F2O/c18-16-14(9-10-15(20)17(16)19)13-7-5-12(6-8-13)11-3-1-2-4-11/h1-2,5-11,20H,3-4H2. The summed E-state index contributed by atoms with van der Waals surface area (Å²) in [5.74, 6) is -2.39. The first kappa shape index (κ1) is 12.9. The van der Waals surface area contributed by atoms with Gasteiger partial charge < -0.3 is 5.11 Å². The lowest BCUT2D eigenvalue weighted by atomic mass is 9.94. The van der Waals surface area contributed by atoms with Crippen molar-refractivity contribution in [1.82, 2.24) is 0 Å². The maximum absolute atomic E-state index is 13.8. The second-order valence-corrected chi connectivity index (χ2v) is 5.02. The van der Waals surface area contributed by atoms with E-state index in [-0.39, 0.29) is 5.56 Å². The van der Waals surface area contributed by atoms with Gasteiger partial charge in [-0.25, -0.2) is 4.39 Å². The second-order valence-electron chi connectivity index (χ2n) is 5.02. The van der Waals surface area contributed by atoms with Crippen LogP contribution < -0.4 is 0 Å². The summed E-state index contributed by atoms with van der Waals surface area (Å²) >= 11 is 0. The van der Waals surface area contributed by atoms with Gasteiger partial charge in [-0.1, -0.05) is 36.4 Å². The van der Waals surface area contributed by atoms with Crippen LogP contribution in [0.1, 0.15) is 24.3 Å². The Kier molecular flexibility index (Phi) is 3.26. The third-order valence-corrected chi connectivity index (χ3v) is 3.76. The van der Waals surface area contributed by atoms with Crippen LogP contribution in [0.15, 0.2) is 48.6 Å². The molecule has 0 fully saturated rings. The summed E-state index contributed by atoms with van der Waals surface area (Å²) in [5.41, 5.74) is 1.98. The molecule has 0 radical (unpaired) electrons. The van der Waals surface area contributed by atoms with Crippen molar-refractivity contribution >= 4 is 0 Å². The summed E-state index contributed by atoms with van der Waals surface area (Å²) in [6, 6.07) is 10.1. The van der Waals surface area contributed by atoms with E-state index >= 15 is 0 Å². The third kappa shape index (κ3) is 2.20. The van der Waals surface area contributed by atoms with Crippen molar-refractivity contribution < 1.29 is 13.9 Å². The molecule has 0 spiro atoms. The molecule has 0 atom stereocenters. The molecule has 3 heteroatoms. The fourth-order valence-corrected chi connectivity index (χ4v) is 2.59. The SMILES string of the molecule is Oc1ccc(-c2ccc(C3CC=CC3)cc2)c(F)c1F. The first-order valence-electron chi connectivity index (χ1n) is 6.59. The van der Waals surface area contributed by atoms with Crippen molar-refractivity contribution in [2.24, 2.45) is 0 Å². The number of hydrogen-bond donors (Lipinski definition) is 1. The van der Waals surface area contributed by atoms with Gasteiger partial charge in [-0.2, -0.15) is 4.39 Å². The van der Waals surface area contributed by atoms with Crippen molar-refractivity contribution in [2.45, 2.75) is 18.8 Å². The van der Waals surface area contributed by atoms with E-state index in [2.05, 4.69) is 12.2 Å². The molecule has 0 saturated carbocycles. The van der Waals surface area contributed by atoms with Gasteiger partial charge in [0.05, 0.1) is 0 Å². The van der Waals surface area contributed by atoms with Gasteiger partial charge in [-0.05, 0) is 42.0 Å². The van der Waals surface area contributed by atoms with E-state index in [1.54, 1.807) is 12.1 Å². The van der Waals surface area contributed by atoms with Gasteiger partial charge in [-0.15, -0.1) is 0 Å². The zero-order valence-electron chi connectivity index (χ0n) is 10.8. The summed E-state index contributed by atoms with van der Waals surface area (Å²) in [6.07, 6.45) is 6.38. The predicted octanol–water partition coefficient (Wildman–Crippen LogP) is 4.77. The number of benzene rings is 2. The minimum Gasteiger partial charge on any atom is -0.505 e. The highest BCUT2D eigenvalue weighted by Crippen LogP contribution is 2.33. The molecule has 2 aromatic rings. The predicted molar refractivity (Wildman–Crippen MR) is 74.6 cm³/mol. The van der Waals surface area contributed by atoms with E-state index in [4.69, 9.17) is 5.11 Å². The first-order chi connectivity index (χ1) is 9.66. The molecule has 1 aliphatic carbocycles. The average Bonchev–Trinajstić information content (AvgIpc) is 3.00. The van der Waals surface area contributed by atoms with Crippen LogP contribution in [0.25, 0.3) is 11.1 Å². The molecule has 20 heavy (non-hydrogen) atoms. The van der Waals surface area contributed by atoms with E-state index in [0.29, 0.717) is 11.5 Å². The Labute approximate surface area is 116 Å². The molecule has 3 rings (SSSR count). The third-order valence-electron chi connectivity index (χ3n) is 3.76. The number of phenols is 1. The van der Waals surface area contributed by atoms with E-state index in [1.165, 1.54) is 17.7 Å². The largest absolute Gasteiger partial charge is 0.505 e. The summed E-state index contributed by atoms with van der Waals surface area (Å²) < 4.78 is 27.2. The highest BCUT2D eigenvalue weighted by molar-refractivity contribution is 5.65. The van der Waals surface area contributed by atoms with Crippen LogP contribution in [0.2, 0.25) is 0 Å². The van der Waals surface area contributed by atoms with Crippen LogP contribution in [0.4, 0.5) is 8.78 Å². The number of hydrogen-bond acceptors (Lipinski definition) is 1. The van der Waals surface area contributed by atoms with Crippen LogP contribution >= 0.6 is 0 Å². The normalized spacial score (nSPS) is 14.9. The smallest absolute Gasteiger partial charge is 0.200 e. The Morgan fingerprint density at radius 1 is 0.850 bits per heavy atom. The topological polar surface area (TPSA) is 20.2 Å². The fraction of sp³-hybridized carbons (Fsp3) is 0.176. The summed E-state index contributed by atoms with van der Waals surface area (Å²) in [5, 5.41) is 9.14. The van der Waals surface area contributed by atoms with Crippen molar-refractivity contribution in [3.63, 3.8) is 0 Å². The lowest BCUT2D eigenvalue weighted by Gasteiger charge is -2.11. The van der Waals surface area contributed by atoms with Crippen LogP contribution in [0.3, 0.4) is 0 Å². The number of phenolic OH excluding ortho intramolecular Hbond substituents is 1. The molecular weight excluding hydrogens is 258 g/mol. The lowest BCUT2D eigenvalue weighted by molar-refractivity contribution is 0.408. The minimum atomic E-state index is -1.20. The molecule has 2 aromatic carbocycles. The van der Waals surface area contributed by atoms with Crippen LogP contribution in [0.5, 0.6) is 5.75 Å². The van der Waals surface area contributed by atoms with Crippen molar-refractivity contribution in [3.8, 4) is 16.9 Å². The summed E-state index contributed by atoms with van der Waals surface area (Å²) in [6.45, 7) is 0. The number of aromatic hydroxyl groups is 1. The number of allylic oxidation sites excluding steroid dienone is 2. The molecule has 1 N–H and O–H groups in total. The molecule has 0 amide bonds. The zero-order valence-corrected chi connectivity index (χ0v) is 10.8. The lowest BCUT2D eigenvalue weighted by Crippen LogP contribution is -1.94. The highest BCUT2D eigenvalue weighted by atomic mass is 19.2. The minimum absolute atomic E-state index is 0.163. The Bertz CT molecular complexity index is 651. The van der Waals surface area contributed by atoms with E-state index in [9.17, 15) is 8.78 Å². The molecule has 0 heterocycles. The fourth-order valence-electron chi connectivity index (χ4n) is 2.59. The van der Waals surface area contributed by atoms with Crippen molar-refractivity contribution in [2.75, 3.05) is 0 Å². The zero-order chi connectivity index (χ0) is 14.1. The van der Waals surface area contributed by atoms with Gasteiger partial charge in [0.1, 0.15) is 0 Å². The van der Waals surface area contributed by atoms with Crippen molar-refractivity contribution in [3.05, 3.63) is 65.7 Å². The Morgan fingerprint density at radius 3 is 2.15 bits per heavy atom. The monoisotopic (exact) mass is 272 g/mol. The first-order valence-corrected chi connectivity index (χ1v) is 6.59. The molecule has 0 unspecified atom stereocenters. The van der Waals surface area contributed by atoms with E-state index < -0.39 is 17.4 Å². The second kappa shape index (κ2) is 5.08. The molecule has 1 nitrogen and oxygen atoms in total. The maximum Gasteiger partial charge on any atom is 0.200 e. The highest BCUT2D eigenvalue weighted by Gasteiger charge is 2.16.